The highest BCUT2D eigenvalue weighted by Crippen LogP contribution is 2.71. The lowest BCUT2D eigenvalue weighted by Crippen LogP contribution is -2.04. The van der Waals surface area contributed by atoms with Gasteiger partial charge in [-0.15, -0.1) is 0 Å². The van der Waals surface area contributed by atoms with E-state index in [0.717, 1.165) is 6.61 Å². The van der Waals surface area contributed by atoms with Crippen molar-refractivity contribution in [1.82, 2.24) is 4.67 Å². The molecule has 1 aliphatic heterocycles. The summed E-state index contributed by atoms with van der Waals surface area (Å²) in [7, 11) is 4.00. The summed E-state index contributed by atoms with van der Waals surface area (Å²) in [4.78, 5) is 0. The topological polar surface area (TPSA) is 12.5 Å². The molecule has 5 heteroatoms. The van der Waals surface area contributed by atoms with Gasteiger partial charge in [-0.05, 0) is 31.5 Å². The van der Waals surface area contributed by atoms with Crippen molar-refractivity contribution < 1.29 is 4.52 Å². The first kappa shape index (κ1) is 11.6. The summed E-state index contributed by atoms with van der Waals surface area (Å²) in [6, 6.07) is 10.4. The third-order valence-corrected chi connectivity index (χ3v) is 9.62. The molecule has 2 rings (SSSR count). The van der Waals surface area contributed by atoms with Crippen molar-refractivity contribution >= 4 is 28.8 Å². The molecule has 0 amide bonds. The summed E-state index contributed by atoms with van der Waals surface area (Å²) in [6.45, 7) is 0.740. The molecule has 0 N–H and O–H groups in total. The predicted octanol–water partition coefficient (Wildman–Crippen LogP) is 3.28. The predicted molar refractivity (Wildman–Crippen MR) is 70.7 cm³/mol. The van der Waals surface area contributed by atoms with Gasteiger partial charge >= 0.3 is 0 Å². The van der Waals surface area contributed by atoms with Gasteiger partial charge < -0.3 is 4.52 Å². The monoisotopic (exact) mass is 259 g/mol. The fourth-order valence-electron chi connectivity index (χ4n) is 1.42. The fourth-order valence-corrected chi connectivity index (χ4v) is 6.63. The third-order valence-electron chi connectivity index (χ3n) is 2.31. The molecule has 0 saturated carbocycles. The Balaban J connectivity index is 2.15. The molecule has 1 aliphatic rings. The summed E-state index contributed by atoms with van der Waals surface area (Å²) in [5.74, 6) is 0. The zero-order chi connectivity index (χ0) is 10.9. The van der Waals surface area contributed by atoms with Gasteiger partial charge in [0.05, 0.1) is 11.9 Å². The summed E-state index contributed by atoms with van der Waals surface area (Å²) in [5.41, 5.74) is -0.464. The van der Waals surface area contributed by atoms with E-state index in [-0.39, 0.29) is 0 Å². The molecule has 2 nitrogen and oxygen atoms in total. The second-order valence-electron chi connectivity index (χ2n) is 3.62. The van der Waals surface area contributed by atoms with Gasteiger partial charge in [0, 0.05) is 0 Å². The number of benzene rings is 1. The van der Waals surface area contributed by atoms with Crippen LogP contribution in [0.3, 0.4) is 0 Å². The highest BCUT2D eigenvalue weighted by molar-refractivity contribution is 8.69. The first-order valence-electron chi connectivity index (χ1n) is 4.77. The van der Waals surface area contributed by atoms with E-state index in [1.807, 2.05) is 20.2 Å². The van der Waals surface area contributed by atoms with Gasteiger partial charge in [-0.2, -0.15) is 0 Å². The third kappa shape index (κ3) is 2.45. The standard InChI is InChI=1S/C10H14NOPS2/c1-11(2)13(14)12-8-10(15-13)9-6-4-3-5-7-9/h3-7,10H,8H2,1-2H3/t10-,13-/m0/s1. The molecule has 1 heterocycles. The molecule has 0 unspecified atom stereocenters. The van der Waals surface area contributed by atoms with Crippen LogP contribution in [0.25, 0.3) is 0 Å². The molecule has 82 valence electrons. The van der Waals surface area contributed by atoms with E-state index in [1.54, 1.807) is 11.4 Å². The number of nitrogens with zero attached hydrogens (tertiary/aromatic N) is 1. The van der Waals surface area contributed by atoms with Crippen LogP contribution in [-0.4, -0.2) is 25.4 Å². The van der Waals surface area contributed by atoms with Crippen molar-refractivity contribution in [3.63, 3.8) is 0 Å². The maximum Gasteiger partial charge on any atom is 0.188 e. The molecule has 0 radical (unpaired) electrons. The molecular formula is C10H14NOPS2. The van der Waals surface area contributed by atoms with E-state index < -0.39 is 5.62 Å². The first-order chi connectivity index (χ1) is 7.12. The summed E-state index contributed by atoms with van der Waals surface area (Å²) in [6.07, 6.45) is 0. The zero-order valence-electron chi connectivity index (χ0n) is 8.79. The van der Waals surface area contributed by atoms with Crippen LogP contribution in [0.5, 0.6) is 0 Å². The second kappa shape index (κ2) is 4.56. The Morgan fingerprint density at radius 1 is 1.40 bits per heavy atom. The minimum Gasteiger partial charge on any atom is -0.329 e. The van der Waals surface area contributed by atoms with Crippen LogP contribution in [0.2, 0.25) is 0 Å². The van der Waals surface area contributed by atoms with Crippen molar-refractivity contribution in [2.75, 3.05) is 20.7 Å². The minimum atomic E-state index is -1.78. The Morgan fingerprint density at radius 2 is 2.07 bits per heavy atom. The summed E-state index contributed by atoms with van der Waals surface area (Å²) < 4.78 is 7.84. The largest absolute Gasteiger partial charge is 0.329 e. The van der Waals surface area contributed by atoms with E-state index in [9.17, 15) is 0 Å². The number of hydrogen-bond donors (Lipinski definition) is 0. The Hall–Kier alpha value is 0.140. The van der Waals surface area contributed by atoms with Gasteiger partial charge in [-0.1, -0.05) is 41.7 Å². The van der Waals surface area contributed by atoms with Crippen molar-refractivity contribution in [1.29, 1.82) is 0 Å². The number of hydrogen-bond acceptors (Lipinski definition) is 3. The van der Waals surface area contributed by atoms with Crippen LogP contribution < -0.4 is 0 Å². The lowest BCUT2D eigenvalue weighted by atomic mass is 10.2. The average Bonchev–Trinajstić information content (AvgIpc) is 2.64. The molecular weight excluding hydrogens is 245 g/mol. The van der Waals surface area contributed by atoms with Crippen LogP contribution in [0.1, 0.15) is 10.8 Å². The van der Waals surface area contributed by atoms with Gasteiger partial charge in [-0.25, -0.2) is 0 Å². The zero-order valence-corrected chi connectivity index (χ0v) is 11.3. The van der Waals surface area contributed by atoms with Crippen LogP contribution in [0.15, 0.2) is 30.3 Å². The van der Waals surface area contributed by atoms with Crippen molar-refractivity contribution in [2.24, 2.45) is 0 Å². The quantitative estimate of drug-likeness (QED) is 0.755. The molecule has 0 spiro atoms. The SMILES string of the molecule is CN(C)[P@@]1(=S)OC[C@@H](c2ccccc2)S1. The maximum absolute atomic E-state index is 5.78. The molecule has 0 aromatic heterocycles. The highest BCUT2D eigenvalue weighted by atomic mass is 32.9. The van der Waals surface area contributed by atoms with Gasteiger partial charge in [0.25, 0.3) is 0 Å². The van der Waals surface area contributed by atoms with Crippen molar-refractivity contribution in [2.45, 2.75) is 5.25 Å². The smallest absolute Gasteiger partial charge is 0.188 e. The Bertz CT molecular complexity index is 382. The maximum atomic E-state index is 5.78. The van der Waals surface area contributed by atoms with Crippen LogP contribution >= 0.6 is 17.0 Å². The normalized spacial score (nSPS) is 31.0. The lowest BCUT2D eigenvalue weighted by molar-refractivity contribution is 0.348. The lowest BCUT2D eigenvalue weighted by Gasteiger charge is -2.21. The number of rotatable bonds is 2. The molecule has 1 saturated heterocycles. The fraction of sp³-hybridized carbons (Fsp3) is 0.400. The second-order valence-corrected chi connectivity index (χ2v) is 10.7. The molecule has 1 aromatic rings. The van der Waals surface area contributed by atoms with E-state index in [1.165, 1.54) is 5.56 Å². The van der Waals surface area contributed by atoms with Crippen LogP contribution in [0, 0.1) is 0 Å². The summed E-state index contributed by atoms with van der Waals surface area (Å²) in [5, 5.41) is 0.402. The minimum absolute atomic E-state index is 0.402. The van der Waals surface area contributed by atoms with Gasteiger partial charge in [-0.3, -0.25) is 4.67 Å². The van der Waals surface area contributed by atoms with Gasteiger partial charge in [0.2, 0.25) is 0 Å². The van der Waals surface area contributed by atoms with E-state index in [2.05, 4.69) is 28.9 Å². The van der Waals surface area contributed by atoms with Crippen molar-refractivity contribution in [3.8, 4) is 0 Å². The first-order valence-corrected chi connectivity index (χ1v) is 8.93. The van der Waals surface area contributed by atoms with Gasteiger partial charge in [0.1, 0.15) is 0 Å². The van der Waals surface area contributed by atoms with E-state index >= 15 is 0 Å². The highest BCUT2D eigenvalue weighted by Gasteiger charge is 2.35. The van der Waals surface area contributed by atoms with E-state index in [4.69, 9.17) is 16.3 Å². The molecule has 15 heavy (non-hydrogen) atoms. The molecule has 1 aromatic carbocycles. The van der Waals surface area contributed by atoms with Crippen molar-refractivity contribution in [3.05, 3.63) is 35.9 Å². The van der Waals surface area contributed by atoms with Crippen LogP contribution in [0.4, 0.5) is 0 Å². The van der Waals surface area contributed by atoms with Gasteiger partial charge in [0.15, 0.2) is 5.62 Å². The summed E-state index contributed by atoms with van der Waals surface area (Å²) >= 11 is 7.35. The molecule has 2 atom stereocenters. The Morgan fingerprint density at radius 3 is 2.60 bits per heavy atom. The average molecular weight is 259 g/mol. The van der Waals surface area contributed by atoms with Crippen LogP contribution in [-0.2, 0) is 16.3 Å². The molecule has 0 bridgehead atoms. The van der Waals surface area contributed by atoms with E-state index in [0.29, 0.717) is 5.25 Å². The Kier molecular flexibility index (Phi) is 3.53. The Labute approximate surface area is 99.9 Å². The molecule has 1 fully saturated rings. The molecule has 0 aliphatic carbocycles.